The molecule has 0 fully saturated rings. The fraction of sp³-hybridized carbons (Fsp3) is 0.133. The Bertz CT molecular complexity index is 675. The minimum absolute atomic E-state index is 0.415. The van der Waals surface area contributed by atoms with Crippen LogP contribution in [-0.2, 0) is 6.42 Å². The number of hydrogen-bond donors (Lipinski definition) is 2. The van der Waals surface area contributed by atoms with E-state index in [-0.39, 0.29) is 0 Å². The molecule has 19 heavy (non-hydrogen) atoms. The van der Waals surface area contributed by atoms with Crippen LogP contribution in [0.1, 0.15) is 17.5 Å². The highest BCUT2D eigenvalue weighted by molar-refractivity contribution is 6.31. The van der Waals surface area contributed by atoms with Crippen molar-refractivity contribution in [1.29, 1.82) is 0 Å². The molecule has 0 saturated heterocycles. The summed E-state index contributed by atoms with van der Waals surface area (Å²) < 4.78 is 0. The number of imidazole rings is 1. The van der Waals surface area contributed by atoms with E-state index in [2.05, 4.69) is 9.97 Å². The number of H-pyrrole nitrogens is 1. The summed E-state index contributed by atoms with van der Waals surface area (Å²) in [6.07, 6.45) is -0.243. The molecule has 1 atom stereocenters. The maximum absolute atomic E-state index is 10.2. The molecule has 0 aliphatic heterocycles. The Kier molecular flexibility index (Phi) is 3.23. The highest BCUT2D eigenvalue weighted by atomic mass is 35.5. The van der Waals surface area contributed by atoms with Crippen molar-refractivity contribution in [3.05, 3.63) is 64.9 Å². The minimum atomic E-state index is -0.658. The lowest BCUT2D eigenvalue weighted by atomic mass is 10.1. The van der Waals surface area contributed by atoms with Crippen LogP contribution in [0.5, 0.6) is 0 Å². The molecule has 2 N–H and O–H groups in total. The van der Waals surface area contributed by atoms with Gasteiger partial charge in [-0.2, -0.15) is 0 Å². The maximum atomic E-state index is 10.2. The third-order valence-electron chi connectivity index (χ3n) is 3.09. The fourth-order valence-corrected chi connectivity index (χ4v) is 2.40. The smallest absolute Gasteiger partial charge is 0.110 e. The van der Waals surface area contributed by atoms with Gasteiger partial charge in [0.15, 0.2) is 0 Å². The normalized spacial score (nSPS) is 12.7. The van der Waals surface area contributed by atoms with Crippen LogP contribution in [-0.4, -0.2) is 15.1 Å². The van der Waals surface area contributed by atoms with Crippen molar-refractivity contribution >= 4 is 22.6 Å². The van der Waals surface area contributed by atoms with E-state index in [4.69, 9.17) is 11.6 Å². The van der Waals surface area contributed by atoms with Crippen LogP contribution in [0, 0.1) is 0 Å². The lowest BCUT2D eigenvalue weighted by Gasteiger charge is -2.10. The number of fused-ring (bicyclic) bond motifs is 1. The van der Waals surface area contributed by atoms with Crippen LogP contribution in [0.15, 0.2) is 48.5 Å². The number of halogens is 1. The third kappa shape index (κ3) is 2.48. The van der Waals surface area contributed by atoms with Crippen molar-refractivity contribution < 1.29 is 5.11 Å². The quantitative estimate of drug-likeness (QED) is 0.767. The van der Waals surface area contributed by atoms with E-state index in [9.17, 15) is 5.11 Å². The molecular formula is C15H13ClN2O. The second-order valence-electron chi connectivity index (χ2n) is 4.44. The summed E-state index contributed by atoms with van der Waals surface area (Å²) in [7, 11) is 0. The molecule has 96 valence electrons. The molecule has 4 heteroatoms. The number of aliphatic hydroxyl groups excluding tert-OH is 1. The average Bonchev–Trinajstić information content (AvgIpc) is 2.81. The Morgan fingerprint density at radius 1 is 1.11 bits per heavy atom. The molecule has 1 heterocycles. The van der Waals surface area contributed by atoms with Gasteiger partial charge in [-0.1, -0.05) is 41.9 Å². The van der Waals surface area contributed by atoms with E-state index in [0.717, 1.165) is 22.4 Å². The number of nitrogens with one attached hydrogen (secondary N) is 1. The molecule has 0 amide bonds. The van der Waals surface area contributed by atoms with Gasteiger partial charge < -0.3 is 10.1 Å². The van der Waals surface area contributed by atoms with Gasteiger partial charge in [0.05, 0.1) is 17.1 Å². The molecule has 0 aliphatic carbocycles. The van der Waals surface area contributed by atoms with Gasteiger partial charge >= 0.3 is 0 Å². The Balaban J connectivity index is 1.86. The lowest BCUT2D eigenvalue weighted by molar-refractivity contribution is 0.176. The van der Waals surface area contributed by atoms with Crippen LogP contribution in [0.4, 0.5) is 0 Å². The second-order valence-corrected chi connectivity index (χ2v) is 4.85. The van der Waals surface area contributed by atoms with Gasteiger partial charge in [-0.15, -0.1) is 0 Å². The first kappa shape index (κ1) is 12.2. The van der Waals surface area contributed by atoms with Crippen molar-refractivity contribution in [2.75, 3.05) is 0 Å². The van der Waals surface area contributed by atoms with Gasteiger partial charge in [-0.3, -0.25) is 0 Å². The van der Waals surface area contributed by atoms with E-state index in [1.807, 2.05) is 42.5 Å². The van der Waals surface area contributed by atoms with Crippen molar-refractivity contribution in [3.8, 4) is 0 Å². The second kappa shape index (κ2) is 5.03. The standard InChI is InChI=1S/C15H13ClN2O/c16-11-6-2-1-5-10(11)14(19)9-15-17-12-7-3-4-8-13(12)18-15/h1-8,14,19H,9H2,(H,17,18)/t14-/m1/s1. The monoisotopic (exact) mass is 272 g/mol. The average molecular weight is 273 g/mol. The predicted octanol–water partition coefficient (Wildman–Crippen LogP) is 3.49. The van der Waals surface area contributed by atoms with Crippen molar-refractivity contribution in [3.63, 3.8) is 0 Å². The summed E-state index contributed by atoms with van der Waals surface area (Å²) in [5.74, 6) is 0.758. The first-order valence-corrected chi connectivity index (χ1v) is 6.48. The van der Waals surface area contributed by atoms with Gasteiger partial charge in [0.2, 0.25) is 0 Å². The van der Waals surface area contributed by atoms with E-state index < -0.39 is 6.10 Å². The van der Waals surface area contributed by atoms with E-state index in [0.29, 0.717) is 11.4 Å². The van der Waals surface area contributed by atoms with Crippen LogP contribution in [0.3, 0.4) is 0 Å². The summed E-state index contributed by atoms with van der Waals surface area (Å²) in [5, 5.41) is 10.8. The van der Waals surface area contributed by atoms with Gasteiger partial charge in [0.1, 0.15) is 5.82 Å². The molecule has 0 aliphatic rings. The van der Waals surface area contributed by atoms with Gasteiger partial charge in [0, 0.05) is 11.4 Å². The number of hydrogen-bond acceptors (Lipinski definition) is 2. The van der Waals surface area contributed by atoms with Crippen LogP contribution >= 0.6 is 11.6 Å². The summed E-state index contributed by atoms with van der Waals surface area (Å²) in [6, 6.07) is 15.1. The van der Waals surface area contributed by atoms with Crippen molar-refractivity contribution in [2.45, 2.75) is 12.5 Å². The first-order chi connectivity index (χ1) is 9.24. The SMILES string of the molecule is O[C@H](Cc1nc2ccccc2[nH]1)c1ccccc1Cl. The summed E-state index contributed by atoms with van der Waals surface area (Å²) in [6.45, 7) is 0. The molecule has 0 radical (unpaired) electrons. The predicted molar refractivity (Wildman–Crippen MR) is 76.2 cm³/mol. The number of para-hydroxylation sites is 2. The van der Waals surface area contributed by atoms with E-state index in [1.54, 1.807) is 6.07 Å². The van der Waals surface area contributed by atoms with Crippen LogP contribution in [0.2, 0.25) is 5.02 Å². The number of aromatic nitrogens is 2. The minimum Gasteiger partial charge on any atom is -0.388 e. The molecule has 0 saturated carbocycles. The number of benzene rings is 2. The number of aliphatic hydroxyl groups is 1. The molecule has 3 aromatic rings. The third-order valence-corrected chi connectivity index (χ3v) is 3.43. The zero-order valence-electron chi connectivity index (χ0n) is 10.2. The Morgan fingerprint density at radius 2 is 1.84 bits per heavy atom. The Labute approximate surface area is 115 Å². The molecule has 0 unspecified atom stereocenters. The van der Waals surface area contributed by atoms with Gasteiger partial charge in [-0.25, -0.2) is 4.98 Å². The fourth-order valence-electron chi connectivity index (χ4n) is 2.14. The van der Waals surface area contributed by atoms with Crippen molar-refractivity contribution in [1.82, 2.24) is 9.97 Å². The van der Waals surface area contributed by atoms with Gasteiger partial charge in [0.25, 0.3) is 0 Å². The molecule has 0 spiro atoms. The molecule has 1 aromatic heterocycles. The van der Waals surface area contributed by atoms with Gasteiger partial charge in [-0.05, 0) is 23.8 Å². The lowest BCUT2D eigenvalue weighted by Crippen LogP contribution is -2.03. The Hall–Kier alpha value is -1.84. The topological polar surface area (TPSA) is 48.9 Å². The van der Waals surface area contributed by atoms with Crippen LogP contribution in [0.25, 0.3) is 11.0 Å². The molecule has 2 aromatic carbocycles. The number of nitrogens with zero attached hydrogens (tertiary/aromatic N) is 1. The summed E-state index contributed by atoms with van der Waals surface area (Å²) in [5.41, 5.74) is 2.61. The summed E-state index contributed by atoms with van der Waals surface area (Å²) >= 11 is 6.07. The van der Waals surface area contributed by atoms with Crippen LogP contribution < -0.4 is 0 Å². The van der Waals surface area contributed by atoms with E-state index >= 15 is 0 Å². The molecule has 0 bridgehead atoms. The number of aromatic amines is 1. The highest BCUT2D eigenvalue weighted by Gasteiger charge is 2.14. The number of rotatable bonds is 3. The molecule has 3 rings (SSSR count). The zero-order chi connectivity index (χ0) is 13.2. The maximum Gasteiger partial charge on any atom is 0.110 e. The Morgan fingerprint density at radius 3 is 2.63 bits per heavy atom. The zero-order valence-corrected chi connectivity index (χ0v) is 10.9. The summed E-state index contributed by atoms with van der Waals surface area (Å²) in [4.78, 5) is 7.65. The molecule has 3 nitrogen and oxygen atoms in total. The van der Waals surface area contributed by atoms with E-state index in [1.165, 1.54) is 0 Å². The highest BCUT2D eigenvalue weighted by Crippen LogP contribution is 2.25. The largest absolute Gasteiger partial charge is 0.388 e. The molecular weight excluding hydrogens is 260 g/mol. The van der Waals surface area contributed by atoms with Crippen molar-refractivity contribution in [2.24, 2.45) is 0 Å². The first-order valence-electron chi connectivity index (χ1n) is 6.10.